The number of benzene rings is 1. The van der Waals surface area contributed by atoms with Crippen molar-refractivity contribution in [3.05, 3.63) is 64.6 Å². The highest BCUT2D eigenvalue weighted by Crippen LogP contribution is 2.25. The van der Waals surface area contributed by atoms with Gasteiger partial charge >= 0.3 is 5.97 Å². The number of ether oxygens (including phenoxy) is 1. The summed E-state index contributed by atoms with van der Waals surface area (Å²) in [5.74, 6) is -0.0781. The van der Waals surface area contributed by atoms with Gasteiger partial charge in [0.05, 0.1) is 24.6 Å². The number of likely N-dealkylation sites (tertiary alicyclic amines) is 1. The van der Waals surface area contributed by atoms with E-state index in [1.165, 1.54) is 7.11 Å². The molecule has 4 rings (SSSR count). The van der Waals surface area contributed by atoms with E-state index in [1.54, 1.807) is 35.8 Å². The SMILES string of the molecule is COC(=O)c1ccc(-c2nc(CN3CCC(NC(=O)c4occc4C)CC3)cs2)cc1. The Kier molecular flexibility index (Phi) is 6.48. The maximum Gasteiger partial charge on any atom is 0.337 e. The minimum Gasteiger partial charge on any atom is -0.465 e. The Hall–Kier alpha value is -2.97. The van der Waals surface area contributed by atoms with Crippen molar-refractivity contribution in [2.24, 2.45) is 0 Å². The van der Waals surface area contributed by atoms with Gasteiger partial charge in [-0.1, -0.05) is 12.1 Å². The molecule has 1 aromatic carbocycles. The average Bonchev–Trinajstić information content (AvgIpc) is 3.43. The molecule has 1 aliphatic heterocycles. The van der Waals surface area contributed by atoms with Crippen molar-refractivity contribution in [3.8, 4) is 10.6 Å². The van der Waals surface area contributed by atoms with Crippen LogP contribution in [0.4, 0.5) is 0 Å². The van der Waals surface area contributed by atoms with Gasteiger partial charge in [-0.3, -0.25) is 9.69 Å². The summed E-state index contributed by atoms with van der Waals surface area (Å²) in [5.41, 5.74) is 3.40. The summed E-state index contributed by atoms with van der Waals surface area (Å²) in [4.78, 5) is 31.0. The summed E-state index contributed by atoms with van der Waals surface area (Å²) in [6.45, 7) is 4.47. The zero-order valence-electron chi connectivity index (χ0n) is 17.6. The molecule has 1 amide bonds. The minimum absolute atomic E-state index is 0.136. The predicted molar refractivity (Wildman–Crippen MR) is 118 cm³/mol. The zero-order chi connectivity index (χ0) is 21.8. The molecule has 2 aromatic heterocycles. The van der Waals surface area contributed by atoms with E-state index in [9.17, 15) is 9.59 Å². The van der Waals surface area contributed by atoms with Crippen molar-refractivity contribution in [2.45, 2.75) is 32.4 Å². The Bertz CT molecular complexity index is 1050. The van der Waals surface area contributed by atoms with E-state index in [2.05, 4.69) is 15.6 Å². The highest BCUT2D eigenvalue weighted by molar-refractivity contribution is 7.13. The highest BCUT2D eigenvalue weighted by Gasteiger charge is 2.23. The number of aryl methyl sites for hydroxylation is 1. The van der Waals surface area contributed by atoms with E-state index < -0.39 is 0 Å². The van der Waals surface area contributed by atoms with Crippen LogP contribution in [0.2, 0.25) is 0 Å². The van der Waals surface area contributed by atoms with Crippen LogP contribution in [0.1, 0.15) is 45.0 Å². The Morgan fingerprint density at radius 3 is 2.61 bits per heavy atom. The van der Waals surface area contributed by atoms with Crippen LogP contribution in [0.25, 0.3) is 10.6 Å². The lowest BCUT2D eigenvalue weighted by atomic mass is 10.0. The van der Waals surface area contributed by atoms with E-state index in [0.717, 1.165) is 54.3 Å². The molecule has 0 bridgehead atoms. The Balaban J connectivity index is 1.28. The maximum atomic E-state index is 12.3. The van der Waals surface area contributed by atoms with Crippen LogP contribution in [-0.4, -0.2) is 48.0 Å². The number of methoxy groups -OCH3 is 1. The molecule has 0 radical (unpaired) electrons. The van der Waals surface area contributed by atoms with Gasteiger partial charge in [-0.05, 0) is 38.0 Å². The zero-order valence-corrected chi connectivity index (χ0v) is 18.4. The fourth-order valence-electron chi connectivity index (χ4n) is 3.70. The molecule has 8 heteroatoms. The summed E-state index contributed by atoms with van der Waals surface area (Å²) in [6.07, 6.45) is 3.34. The highest BCUT2D eigenvalue weighted by atomic mass is 32.1. The van der Waals surface area contributed by atoms with Crippen LogP contribution in [0.15, 0.2) is 46.4 Å². The van der Waals surface area contributed by atoms with Crippen molar-refractivity contribution >= 4 is 23.2 Å². The second kappa shape index (κ2) is 9.45. The van der Waals surface area contributed by atoms with Crippen LogP contribution in [0.5, 0.6) is 0 Å². The van der Waals surface area contributed by atoms with E-state index >= 15 is 0 Å². The number of hydrogen-bond acceptors (Lipinski definition) is 7. The lowest BCUT2D eigenvalue weighted by molar-refractivity contribution is 0.0600. The number of nitrogens with one attached hydrogen (secondary N) is 1. The quantitative estimate of drug-likeness (QED) is 0.587. The normalized spacial score (nSPS) is 15.0. The molecule has 31 heavy (non-hydrogen) atoms. The molecular formula is C23H25N3O4S. The number of piperidine rings is 1. The largest absolute Gasteiger partial charge is 0.465 e. The molecule has 1 saturated heterocycles. The lowest BCUT2D eigenvalue weighted by Crippen LogP contribution is -2.44. The van der Waals surface area contributed by atoms with Gasteiger partial charge < -0.3 is 14.5 Å². The third kappa shape index (κ3) is 5.03. The third-order valence-electron chi connectivity index (χ3n) is 5.48. The standard InChI is InChI=1S/C23H25N3O4S/c1-15-9-12-30-20(15)21(27)24-18-7-10-26(11-8-18)13-19-14-31-22(25-19)16-3-5-17(6-4-16)23(28)29-2/h3-6,9,12,14,18H,7-8,10-11,13H2,1-2H3,(H,24,27). The van der Waals surface area contributed by atoms with Gasteiger partial charge in [0, 0.05) is 42.2 Å². The first-order valence-electron chi connectivity index (χ1n) is 10.2. The van der Waals surface area contributed by atoms with Gasteiger partial charge in [0.15, 0.2) is 5.76 Å². The van der Waals surface area contributed by atoms with Gasteiger partial charge in [0.1, 0.15) is 5.01 Å². The molecule has 3 heterocycles. The molecule has 7 nitrogen and oxygen atoms in total. The predicted octanol–water partition coefficient (Wildman–Crippen LogP) is 3.89. The molecule has 1 fully saturated rings. The monoisotopic (exact) mass is 439 g/mol. The van der Waals surface area contributed by atoms with Gasteiger partial charge in [-0.25, -0.2) is 9.78 Å². The summed E-state index contributed by atoms with van der Waals surface area (Å²) in [7, 11) is 1.38. The number of amides is 1. The van der Waals surface area contributed by atoms with E-state index in [-0.39, 0.29) is 17.9 Å². The van der Waals surface area contributed by atoms with Crippen LogP contribution in [-0.2, 0) is 11.3 Å². The van der Waals surface area contributed by atoms with Crippen molar-refractivity contribution in [3.63, 3.8) is 0 Å². The molecule has 0 atom stereocenters. The lowest BCUT2D eigenvalue weighted by Gasteiger charge is -2.31. The van der Waals surface area contributed by atoms with Crippen LogP contribution < -0.4 is 5.32 Å². The molecule has 0 aliphatic carbocycles. The smallest absolute Gasteiger partial charge is 0.337 e. The molecule has 1 N–H and O–H groups in total. The van der Waals surface area contributed by atoms with Crippen LogP contribution in [0.3, 0.4) is 0 Å². The minimum atomic E-state index is -0.342. The average molecular weight is 440 g/mol. The topological polar surface area (TPSA) is 84.7 Å². The number of carbonyl (C=O) groups excluding carboxylic acids is 2. The maximum absolute atomic E-state index is 12.3. The third-order valence-corrected chi connectivity index (χ3v) is 6.42. The van der Waals surface area contributed by atoms with Crippen molar-refractivity contribution < 1.29 is 18.7 Å². The molecule has 162 valence electrons. The number of hydrogen-bond donors (Lipinski definition) is 1. The molecule has 0 spiro atoms. The summed E-state index contributed by atoms with van der Waals surface area (Å²) in [6, 6.07) is 9.25. The number of rotatable bonds is 6. The summed E-state index contributed by atoms with van der Waals surface area (Å²) in [5, 5.41) is 6.10. The fraction of sp³-hybridized carbons (Fsp3) is 0.348. The van der Waals surface area contributed by atoms with Crippen molar-refractivity contribution in [1.82, 2.24) is 15.2 Å². The Morgan fingerprint density at radius 1 is 1.23 bits per heavy atom. The second-order valence-electron chi connectivity index (χ2n) is 7.67. The molecule has 0 unspecified atom stereocenters. The van der Waals surface area contributed by atoms with Gasteiger partial charge in [0.25, 0.3) is 5.91 Å². The number of furan rings is 1. The summed E-state index contributed by atoms with van der Waals surface area (Å²) < 4.78 is 10.0. The number of thiazole rings is 1. The Labute approximate surface area is 185 Å². The number of nitrogens with zero attached hydrogens (tertiary/aromatic N) is 2. The Morgan fingerprint density at radius 2 is 1.97 bits per heavy atom. The number of aromatic nitrogens is 1. The number of carbonyl (C=O) groups is 2. The molecule has 0 saturated carbocycles. The van der Waals surface area contributed by atoms with Crippen LogP contribution >= 0.6 is 11.3 Å². The molecule has 3 aromatic rings. The first-order valence-corrected chi connectivity index (χ1v) is 11.1. The van der Waals surface area contributed by atoms with Crippen LogP contribution in [0, 0.1) is 6.92 Å². The second-order valence-corrected chi connectivity index (χ2v) is 8.53. The van der Waals surface area contributed by atoms with Crippen molar-refractivity contribution in [2.75, 3.05) is 20.2 Å². The molecule has 1 aliphatic rings. The number of esters is 1. The molecular weight excluding hydrogens is 414 g/mol. The van der Waals surface area contributed by atoms with E-state index in [1.807, 2.05) is 19.1 Å². The summed E-state index contributed by atoms with van der Waals surface area (Å²) >= 11 is 1.60. The van der Waals surface area contributed by atoms with E-state index in [0.29, 0.717) is 11.3 Å². The van der Waals surface area contributed by atoms with Gasteiger partial charge in [-0.15, -0.1) is 11.3 Å². The first kappa shape index (κ1) is 21.3. The van der Waals surface area contributed by atoms with Gasteiger partial charge in [-0.2, -0.15) is 0 Å². The van der Waals surface area contributed by atoms with Gasteiger partial charge in [0.2, 0.25) is 0 Å². The van der Waals surface area contributed by atoms with Crippen molar-refractivity contribution in [1.29, 1.82) is 0 Å². The van der Waals surface area contributed by atoms with E-state index in [4.69, 9.17) is 14.1 Å². The first-order chi connectivity index (χ1) is 15.0. The fourth-order valence-corrected chi connectivity index (χ4v) is 4.52.